The van der Waals surface area contributed by atoms with Crippen molar-refractivity contribution < 1.29 is 77.8 Å². The number of likely N-dealkylation sites (tertiary alicyclic amines) is 1. The molecule has 2 atom stereocenters. The van der Waals surface area contributed by atoms with Crippen molar-refractivity contribution in [2.24, 2.45) is 5.92 Å². The number of carboxylic acid groups (broad SMARTS) is 4. The average Bonchev–Trinajstić information content (AvgIpc) is 3.40. The zero-order valence-corrected chi connectivity index (χ0v) is 47.2. The van der Waals surface area contributed by atoms with Crippen molar-refractivity contribution in [3.63, 3.8) is 0 Å². The molecule has 1 saturated heterocycles. The molecule has 23 heteroatoms. The highest BCUT2D eigenvalue weighted by molar-refractivity contribution is 7.78. The van der Waals surface area contributed by atoms with E-state index in [1.165, 1.54) is 70.6 Å². The lowest BCUT2D eigenvalue weighted by molar-refractivity contribution is -0.143. The highest BCUT2D eigenvalue weighted by atomic mass is 32.1. The number of hydrogen-bond acceptors (Lipinski definition) is 14. The summed E-state index contributed by atoms with van der Waals surface area (Å²) < 4.78 is 12.7. The molecule has 0 bridgehead atoms. The van der Waals surface area contributed by atoms with Gasteiger partial charge in [-0.05, 0) is 51.4 Å². The summed E-state index contributed by atoms with van der Waals surface area (Å²) in [5, 5.41) is 45.4. The second-order valence-electron chi connectivity index (χ2n) is 18.1. The summed E-state index contributed by atoms with van der Waals surface area (Å²) in [6, 6.07) is -2.01. The monoisotopic (exact) mass is 1110 g/mol. The molecule has 1 rings (SSSR count). The lowest BCUT2D eigenvalue weighted by Gasteiger charge is -2.31. The molecule has 442 valence electrons. The van der Waals surface area contributed by atoms with Crippen molar-refractivity contribution in [3.8, 4) is 0 Å². The van der Waals surface area contributed by atoms with Gasteiger partial charge in [0.15, 0.2) is 0 Å². The number of hydrogen-bond donors (Lipinski definition) is 10. The maximum atomic E-state index is 12.4. The second kappa shape index (κ2) is 54.9. The number of aliphatic carboxylic acids is 4. The smallest absolute Gasteiger partial charge is 0.326 e. The van der Waals surface area contributed by atoms with Gasteiger partial charge in [-0.2, -0.15) is 0 Å². The number of thiol groups is 1. The first kappa shape index (κ1) is 75.4. The van der Waals surface area contributed by atoms with E-state index in [-0.39, 0.29) is 68.8 Å². The summed E-state index contributed by atoms with van der Waals surface area (Å²) in [7, 11) is 0. The summed E-state index contributed by atoms with van der Waals surface area (Å²) in [4.78, 5) is 113. The molecule has 22 nitrogen and oxygen atoms in total. The van der Waals surface area contributed by atoms with Gasteiger partial charge in [0.1, 0.15) is 31.5 Å². The van der Waals surface area contributed by atoms with Gasteiger partial charge in [-0.25, -0.2) is 4.79 Å². The van der Waals surface area contributed by atoms with Crippen LogP contribution in [-0.4, -0.2) is 156 Å². The minimum atomic E-state index is -1.27. The van der Waals surface area contributed by atoms with E-state index in [9.17, 15) is 53.1 Å². The molecule has 76 heavy (non-hydrogen) atoms. The Morgan fingerprint density at radius 2 is 1.05 bits per heavy atom. The molecule has 1 aliphatic heterocycles. The first-order chi connectivity index (χ1) is 36.5. The molecular formula is C53H98N6O16S. The van der Waals surface area contributed by atoms with Crippen LogP contribution in [0.15, 0.2) is 0 Å². The van der Waals surface area contributed by atoms with Crippen molar-refractivity contribution in [3.05, 3.63) is 0 Å². The van der Waals surface area contributed by atoms with Gasteiger partial charge in [-0.3, -0.25) is 43.1 Å². The number of amides is 5. The Morgan fingerprint density at radius 1 is 0.566 bits per heavy atom. The first-order valence-electron chi connectivity index (χ1n) is 27.8. The van der Waals surface area contributed by atoms with Gasteiger partial charge in [0.2, 0.25) is 29.5 Å². The third-order valence-corrected chi connectivity index (χ3v) is 12.1. The molecule has 0 spiro atoms. The zero-order chi connectivity index (χ0) is 57.6. The molecular weight excluding hydrogens is 1010 g/mol. The number of piperidine rings is 1. The number of rotatable bonds is 44. The van der Waals surface area contributed by atoms with Gasteiger partial charge < -0.3 is 60.9 Å². The fraction of sp³-hybridized carbons (Fsp3) is 0.811. The lowest BCUT2D eigenvalue weighted by atomic mass is 9.95. The summed E-state index contributed by atoms with van der Waals surface area (Å²) in [6.45, 7) is 9.34. The number of nitrogens with zero attached hydrogens (tertiary/aromatic N) is 1. The van der Waals surface area contributed by atoms with Crippen LogP contribution in [0.2, 0.25) is 0 Å². The van der Waals surface area contributed by atoms with Gasteiger partial charge in [0.05, 0.1) is 19.8 Å². The Morgan fingerprint density at radius 3 is 1.51 bits per heavy atom. The zero-order valence-electron chi connectivity index (χ0n) is 46.3. The molecule has 0 aliphatic carbocycles. The molecule has 0 saturated carbocycles. The predicted octanol–water partition coefficient (Wildman–Crippen LogP) is 6.22. The Balaban J connectivity index is -0.00000127. The van der Waals surface area contributed by atoms with Gasteiger partial charge in [0.25, 0.3) is 0 Å². The van der Waals surface area contributed by atoms with E-state index in [0.717, 1.165) is 38.4 Å². The van der Waals surface area contributed by atoms with Gasteiger partial charge in [-0.15, -0.1) is 0 Å². The van der Waals surface area contributed by atoms with Crippen molar-refractivity contribution in [2.45, 2.75) is 213 Å². The second-order valence-corrected chi connectivity index (χ2v) is 18.4. The molecule has 1 fully saturated rings. The third kappa shape index (κ3) is 50.0. The SMILES string of the molecule is CC.CCC(=O)NCCOCCOCC(=O)NC(CCC(=O)NCCCCC(NS)C(=O)O)C(=O)O.CCC=O.O=C(O)CCCCCCCCCCCCCCCCCCC(=O)N1CCC(C(=O)NCC(=O)O)CC1. The normalized spacial score (nSPS) is 12.6. The van der Waals surface area contributed by atoms with Gasteiger partial charge >= 0.3 is 23.9 Å². The minimum absolute atomic E-state index is 0.0738. The fourth-order valence-corrected chi connectivity index (χ4v) is 7.70. The Kier molecular flexibility index (Phi) is 54.4. The van der Waals surface area contributed by atoms with Gasteiger partial charge in [-0.1, -0.05) is 130 Å². The Labute approximate surface area is 458 Å². The van der Waals surface area contributed by atoms with Crippen molar-refractivity contribution in [2.75, 3.05) is 59.2 Å². The lowest BCUT2D eigenvalue weighted by Crippen LogP contribution is -2.43. The first-order valence-corrected chi connectivity index (χ1v) is 28.2. The number of unbranched alkanes of at least 4 members (excludes halogenated alkanes) is 16. The van der Waals surface area contributed by atoms with E-state index < -0.39 is 41.9 Å². The molecule has 0 aromatic rings. The number of carbonyl (C=O) groups excluding carboxylic acids is 6. The van der Waals surface area contributed by atoms with E-state index in [1.807, 2.05) is 25.7 Å². The van der Waals surface area contributed by atoms with E-state index in [1.54, 1.807) is 6.92 Å². The van der Waals surface area contributed by atoms with Crippen LogP contribution < -0.4 is 26.0 Å². The molecule has 0 aromatic carbocycles. The minimum Gasteiger partial charge on any atom is -0.481 e. The summed E-state index contributed by atoms with van der Waals surface area (Å²) in [6.07, 6.45) is 24.4. The fourth-order valence-electron chi connectivity index (χ4n) is 7.46. The van der Waals surface area contributed by atoms with Crippen LogP contribution in [0, 0.1) is 5.92 Å². The van der Waals surface area contributed by atoms with Gasteiger partial charge in [0, 0.05) is 64.2 Å². The number of aldehydes is 1. The molecule has 2 unspecified atom stereocenters. The molecule has 0 aromatic heterocycles. The van der Waals surface area contributed by atoms with Crippen LogP contribution in [-0.2, 0) is 57.4 Å². The molecule has 1 heterocycles. The quantitative estimate of drug-likeness (QED) is 0.0184. The van der Waals surface area contributed by atoms with E-state index >= 15 is 0 Å². The number of carboxylic acids is 4. The van der Waals surface area contributed by atoms with E-state index in [2.05, 4.69) is 38.8 Å². The number of carbonyl (C=O) groups is 10. The summed E-state index contributed by atoms with van der Waals surface area (Å²) >= 11 is 3.74. The van der Waals surface area contributed by atoms with E-state index in [0.29, 0.717) is 90.6 Å². The Bertz CT molecular complexity index is 1570. The van der Waals surface area contributed by atoms with Crippen molar-refractivity contribution in [1.29, 1.82) is 0 Å². The van der Waals surface area contributed by atoms with Crippen LogP contribution >= 0.6 is 12.8 Å². The number of nitrogens with one attached hydrogen (secondary N) is 5. The summed E-state index contributed by atoms with van der Waals surface area (Å²) in [5.41, 5.74) is 0. The van der Waals surface area contributed by atoms with Crippen LogP contribution in [0.1, 0.15) is 201 Å². The van der Waals surface area contributed by atoms with Crippen LogP contribution in [0.3, 0.4) is 0 Å². The highest BCUT2D eigenvalue weighted by Gasteiger charge is 2.27. The van der Waals surface area contributed by atoms with Crippen LogP contribution in [0.25, 0.3) is 0 Å². The third-order valence-electron chi connectivity index (χ3n) is 11.8. The van der Waals surface area contributed by atoms with Crippen LogP contribution in [0.4, 0.5) is 0 Å². The number of ether oxygens (including phenoxy) is 2. The average molecular weight is 1110 g/mol. The van der Waals surface area contributed by atoms with Crippen molar-refractivity contribution >= 4 is 72.5 Å². The highest BCUT2D eigenvalue weighted by Crippen LogP contribution is 2.19. The van der Waals surface area contributed by atoms with Crippen LogP contribution in [0.5, 0.6) is 0 Å². The Hall–Kier alpha value is -4.87. The maximum absolute atomic E-state index is 12.4. The largest absolute Gasteiger partial charge is 0.481 e. The molecule has 1 aliphatic rings. The molecule has 5 amide bonds. The summed E-state index contributed by atoms with van der Waals surface area (Å²) in [5.74, 6) is -5.31. The predicted molar refractivity (Wildman–Crippen MR) is 293 cm³/mol. The van der Waals surface area contributed by atoms with E-state index in [4.69, 9.17) is 24.8 Å². The topological polar surface area (TPSA) is 333 Å². The molecule has 9 N–H and O–H groups in total. The molecule has 0 radical (unpaired) electrons. The maximum Gasteiger partial charge on any atom is 0.326 e. The standard InChI is InChI=1S/C28H50N2O6.C20H36N4O9S.C3H6O.C2H6/c31-25(30-21-19-24(20-22-30)28(36)29-23-27(34)35)17-15-13-11-9-7-5-3-1-2-4-6-8-10-12-14-16-18-26(32)33;1-2-16(25)22-9-10-32-11-12-33-13-18(27)23-14(19(28)29)6-7-17(26)21-8-4-3-5-15(24-34)20(30)31;1-2-3-4;1-2/h24H,1-23H2,(H,29,36)(H,32,33)(H,34,35);14-15,24,34H,2-13H2,1H3,(H,21,26)(H,22,25)(H,23,27)(H,28,29)(H,30,31);3H,2H2,1H3;1-2H3. The van der Waals surface area contributed by atoms with Crippen molar-refractivity contribution in [1.82, 2.24) is 30.9 Å².